The van der Waals surface area contributed by atoms with Crippen LogP contribution in [0.2, 0.25) is 0 Å². The molecule has 0 bridgehead atoms. The van der Waals surface area contributed by atoms with Crippen molar-refractivity contribution in [1.82, 2.24) is 15.2 Å². The lowest BCUT2D eigenvalue weighted by Crippen LogP contribution is -2.47. The minimum absolute atomic E-state index is 0.0902. The smallest absolute Gasteiger partial charge is 0.274 e. The topological polar surface area (TPSA) is 84.0 Å². The fraction of sp³-hybridized carbons (Fsp3) is 0.409. The molecule has 30 heavy (non-hydrogen) atoms. The number of hydrogen-bond donors (Lipinski definition) is 1. The van der Waals surface area contributed by atoms with Gasteiger partial charge in [-0.15, -0.1) is 0 Å². The summed E-state index contributed by atoms with van der Waals surface area (Å²) in [4.78, 5) is 33.7. The van der Waals surface area contributed by atoms with Crippen LogP contribution in [0.25, 0.3) is 0 Å². The van der Waals surface area contributed by atoms with Gasteiger partial charge in [0.2, 0.25) is 12.0 Å². The normalized spacial score (nSPS) is 19.1. The predicted molar refractivity (Wildman–Crippen MR) is 111 cm³/mol. The third-order valence-electron chi connectivity index (χ3n) is 5.22. The van der Waals surface area contributed by atoms with E-state index >= 15 is 0 Å². The molecule has 2 aromatic rings. The first kappa shape index (κ1) is 20.3. The highest BCUT2D eigenvalue weighted by molar-refractivity contribution is 6.03. The molecule has 1 aromatic heterocycles. The summed E-state index contributed by atoms with van der Waals surface area (Å²) in [5.41, 5.74) is 0.743. The van der Waals surface area contributed by atoms with E-state index in [1.54, 1.807) is 18.3 Å². The molecule has 1 atom stereocenters. The Bertz CT molecular complexity index is 870. The van der Waals surface area contributed by atoms with Crippen LogP contribution in [-0.2, 0) is 14.3 Å². The molecule has 0 spiro atoms. The van der Waals surface area contributed by atoms with Gasteiger partial charge in [-0.25, -0.2) is 4.98 Å². The number of ether oxygens (including phenoxy) is 2. The average Bonchev–Trinajstić information content (AvgIpc) is 2.80. The molecule has 1 fully saturated rings. The summed E-state index contributed by atoms with van der Waals surface area (Å²) >= 11 is 0. The second kappa shape index (κ2) is 9.69. The maximum absolute atomic E-state index is 13.1. The number of fused-ring (bicyclic) bond motifs is 1. The van der Waals surface area contributed by atoms with E-state index in [1.165, 1.54) is 4.90 Å². The van der Waals surface area contributed by atoms with E-state index in [-0.39, 0.29) is 18.4 Å². The summed E-state index contributed by atoms with van der Waals surface area (Å²) in [6.45, 7) is 4.78. The molecule has 0 radical (unpaired) electrons. The fourth-order valence-corrected chi connectivity index (χ4v) is 3.65. The van der Waals surface area contributed by atoms with Crippen LogP contribution in [0.5, 0.6) is 5.75 Å². The Morgan fingerprint density at radius 1 is 1.13 bits per heavy atom. The van der Waals surface area contributed by atoms with E-state index in [0.29, 0.717) is 18.1 Å². The SMILES string of the molecule is O=C(CN1C(=O)C(c2ccccc2)Oc2cccnc21)NCCCN1CCOCC1. The minimum Gasteiger partial charge on any atom is -0.472 e. The number of benzene rings is 1. The third-order valence-corrected chi connectivity index (χ3v) is 5.22. The largest absolute Gasteiger partial charge is 0.472 e. The molecule has 1 aromatic carbocycles. The Morgan fingerprint density at radius 2 is 1.93 bits per heavy atom. The van der Waals surface area contributed by atoms with Crippen molar-refractivity contribution in [2.24, 2.45) is 0 Å². The number of carbonyl (C=O) groups excluding carboxylic acids is 2. The number of carbonyl (C=O) groups is 2. The quantitative estimate of drug-likeness (QED) is 0.695. The van der Waals surface area contributed by atoms with Gasteiger partial charge in [-0.3, -0.25) is 19.4 Å². The van der Waals surface area contributed by atoms with Crippen molar-refractivity contribution in [3.63, 3.8) is 0 Å². The highest BCUT2D eigenvalue weighted by Crippen LogP contribution is 2.36. The van der Waals surface area contributed by atoms with E-state index in [4.69, 9.17) is 9.47 Å². The highest BCUT2D eigenvalue weighted by atomic mass is 16.5. The van der Waals surface area contributed by atoms with Gasteiger partial charge < -0.3 is 14.8 Å². The highest BCUT2D eigenvalue weighted by Gasteiger charge is 2.37. The first-order valence-electron chi connectivity index (χ1n) is 10.3. The lowest BCUT2D eigenvalue weighted by Gasteiger charge is -2.33. The molecule has 1 N–H and O–H groups in total. The number of amides is 2. The van der Waals surface area contributed by atoms with Crippen LogP contribution in [0.15, 0.2) is 48.7 Å². The molecule has 2 aliphatic rings. The van der Waals surface area contributed by atoms with Crippen molar-refractivity contribution in [3.8, 4) is 5.75 Å². The predicted octanol–water partition coefficient (Wildman–Crippen LogP) is 1.39. The van der Waals surface area contributed by atoms with E-state index in [2.05, 4.69) is 15.2 Å². The molecule has 0 aliphatic carbocycles. The Hall–Kier alpha value is -2.97. The Kier molecular flexibility index (Phi) is 6.56. The maximum Gasteiger partial charge on any atom is 0.274 e. The van der Waals surface area contributed by atoms with Crippen LogP contribution in [0.3, 0.4) is 0 Å². The molecule has 0 saturated carbocycles. The molecule has 8 heteroatoms. The lowest BCUT2D eigenvalue weighted by molar-refractivity contribution is -0.129. The van der Waals surface area contributed by atoms with E-state index in [1.807, 2.05) is 30.3 Å². The second-order valence-corrected chi connectivity index (χ2v) is 7.32. The third kappa shape index (κ3) is 4.77. The van der Waals surface area contributed by atoms with Crippen molar-refractivity contribution in [2.45, 2.75) is 12.5 Å². The van der Waals surface area contributed by atoms with Crippen molar-refractivity contribution in [2.75, 3.05) is 50.8 Å². The summed E-state index contributed by atoms with van der Waals surface area (Å²) in [7, 11) is 0. The van der Waals surface area contributed by atoms with E-state index in [0.717, 1.165) is 44.8 Å². The maximum atomic E-state index is 13.1. The number of hydrogen-bond acceptors (Lipinski definition) is 6. The summed E-state index contributed by atoms with van der Waals surface area (Å²) in [6.07, 6.45) is 1.65. The Balaban J connectivity index is 1.37. The van der Waals surface area contributed by atoms with Gasteiger partial charge in [0, 0.05) is 31.4 Å². The molecule has 158 valence electrons. The van der Waals surface area contributed by atoms with Crippen molar-refractivity contribution in [3.05, 3.63) is 54.2 Å². The molecule has 1 unspecified atom stereocenters. The number of rotatable bonds is 7. The van der Waals surface area contributed by atoms with Crippen LogP contribution in [0.4, 0.5) is 5.82 Å². The van der Waals surface area contributed by atoms with Gasteiger partial charge in [0.1, 0.15) is 6.54 Å². The first-order valence-corrected chi connectivity index (χ1v) is 10.3. The number of aromatic nitrogens is 1. The summed E-state index contributed by atoms with van der Waals surface area (Å²) in [6, 6.07) is 12.8. The summed E-state index contributed by atoms with van der Waals surface area (Å²) in [5, 5.41) is 2.92. The number of anilines is 1. The molecule has 8 nitrogen and oxygen atoms in total. The fourth-order valence-electron chi connectivity index (χ4n) is 3.65. The zero-order valence-electron chi connectivity index (χ0n) is 16.8. The summed E-state index contributed by atoms with van der Waals surface area (Å²) in [5.74, 6) is 0.357. The molecular weight excluding hydrogens is 384 g/mol. The van der Waals surface area contributed by atoms with Crippen LogP contribution < -0.4 is 15.0 Å². The van der Waals surface area contributed by atoms with Crippen LogP contribution in [-0.4, -0.2) is 67.6 Å². The number of nitrogens with one attached hydrogen (secondary N) is 1. The zero-order chi connectivity index (χ0) is 20.8. The van der Waals surface area contributed by atoms with E-state index in [9.17, 15) is 9.59 Å². The number of morpholine rings is 1. The second-order valence-electron chi connectivity index (χ2n) is 7.32. The standard InChI is InChI=1S/C22H26N4O4/c27-19(23-10-5-11-25-12-14-29-15-13-25)16-26-21-18(8-4-9-24-21)30-20(22(26)28)17-6-2-1-3-7-17/h1-4,6-9,20H,5,10-16H2,(H,23,27). The van der Waals surface area contributed by atoms with E-state index < -0.39 is 6.10 Å². The van der Waals surface area contributed by atoms with Gasteiger partial charge in [-0.05, 0) is 25.1 Å². The minimum atomic E-state index is -0.794. The molecule has 2 aliphatic heterocycles. The molecule has 3 heterocycles. The molecule has 2 amide bonds. The molecular formula is C22H26N4O4. The first-order chi connectivity index (χ1) is 14.7. The Morgan fingerprint density at radius 3 is 2.73 bits per heavy atom. The van der Waals surface area contributed by atoms with Crippen molar-refractivity contribution in [1.29, 1.82) is 0 Å². The van der Waals surface area contributed by atoms with Crippen molar-refractivity contribution >= 4 is 17.6 Å². The van der Waals surface area contributed by atoms with Gasteiger partial charge in [0.25, 0.3) is 5.91 Å². The average molecular weight is 410 g/mol. The monoisotopic (exact) mass is 410 g/mol. The van der Waals surface area contributed by atoms with Crippen LogP contribution >= 0.6 is 0 Å². The van der Waals surface area contributed by atoms with Gasteiger partial charge in [0.15, 0.2) is 11.6 Å². The van der Waals surface area contributed by atoms with Crippen LogP contribution in [0.1, 0.15) is 18.1 Å². The van der Waals surface area contributed by atoms with Gasteiger partial charge in [0.05, 0.1) is 13.2 Å². The van der Waals surface area contributed by atoms with Gasteiger partial charge in [-0.1, -0.05) is 30.3 Å². The Labute approximate surface area is 175 Å². The van der Waals surface area contributed by atoms with Crippen molar-refractivity contribution < 1.29 is 19.1 Å². The number of pyridine rings is 1. The summed E-state index contributed by atoms with van der Waals surface area (Å²) < 4.78 is 11.2. The van der Waals surface area contributed by atoms with Crippen LogP contribution in [0, 0.1) is 0 Å². The lowest BCUT2D eigenvalue weighted by atomic mass is 10.1. The van der Waals surface area contributed by atoms with Gasteiger partial charge in [-0.2, -0.15) is 0 Å². The molecule has 4 rings (SSSR count). The molecule has 1 saturated heterocycles. The van der Waals surface area contributed by atoms with Gasteiger partial charge >= 0.3 is 0 Å². The zero-order valence-corrected chi connectivity index (χ0v) is 16.8. The number of nitrogens with zero attached hydrogens (tertiary/aromatic N) is 3.